The van der Waals surface area contributed by atoms with E-state index < -0.39 is 6.04 Å². The summed E-state index contributed by atoms with van der Waals surface area (Å²) in [4.78, 5) is 2.37. The van der Waals surface area contributed by atoms with Crippen molar-refractivity contribution in [1.29, 1.82) is 0 Å². The number of rotatable bonds is 7. The van der Waals surface area contributed by atoms with E-state index in [9.17, 15) is 0 Å². The van der Waals surface area contributed by atoms with Crippen molar-refractivity contribution >= 4 is 90.9 Å². The van der Waals surface area contributed by atoms with Crippen molar-refractivity contribution < 1.29 is 6.85 Å². The van der Waals surface area contributed by atoms with Crippen molar-refractivity contribution in [3.8, 4) is 44.5 Å². The van der Waals surface area contributed by atoms with Crippen molar-refractivity contribution in [2.24, 2.45) is 0 Å². The average Bonchev–Trinajstić information content (AvgIpc) is 3.96. The molecule has 0 aliphatic heterocycles. The van der Waals surface area contributed by atoms with Crippen LogP contribution in [-0.4, -0.2) is 0 Å². The van der Waals surface area contributed by atoms with Gasteiger partial charge in [0.05, 0.1) is 17.2 Å². The fraction of sp³-hybridized carbons (Fsp3) is 0. The Bertz CT molecular complexity index is 3850. The summed E-state index contributed by atoms with van der Waals surface area (Å²) in [5, 5.41) is 6.76. The molecule has 12 rings (SSSR count). The van der Waals surface area contributed by atoms with Gasteiger partial charge in [0.25, 0.3) is 0 Å². The van der Waals surface area contributed by atoms with Crippen LogP contribution in [0.3, 0.4) is 0 Å². The Hall–Kier alpha value is -7.30. The van der Waals surface area contributed by atoms with E-state index in [4.69, 9.17) is 6.85 Å². The second-order valence-electron chi connectivity index (χ2n) is 15.2. The Morgan fingerprint density at radius 2 is 0.787 bits per heavy atom. The first-order valence-corrected chi connectivity index (χ1v) is 22.0. The topological polar surface area (TPSA) is 3.24 Å². The molecule has 0 N–H and O–H groups in total. The Balaban J connectivity index is 1.01. The third-order valence-electron chi connectivity index (χ3n) is 11.8. The number of hydrogen-bond donors (Lipinski definition) is 0. The summed E-state index contributed by atoms with van der Waals surface area (Å²) in [6.45, 7) is 0. The van der Waals surface area contributed by atoms with E-state index in [1.165, 1.54) is 57.0 Å². The van der Waals surface area contributed by atoms with Crippen LogP contribution in [0.15, 0.2) is 224 Å². The standard InChI is InChI=1S/C58H37NS2/c1-3-14-38(15-4-1)44-36-37-45(49-19-8-7-18-48(44)49)40-28-32-42(33-29-40)59(43-34-30-41(31-35-43)47-22-11-23-51-50-20-9-10-27-55(50)60-56(47)51)54-26-13-25-53-52-24-12-21-46(57(52)61-58(53)54)39-16-5-2-6-17-39/h1-37H/i1D,3D,4D,14D,15D. The van der Waals surface area contributed by atoms with Gasteiger partial charge in [-0.15, -0.1) is 22.7 Å². The number of hydrogen-bond acceptors (Lipinski definition) is 3. The minimum atomic E-state index is -0.398. The summed E-state index contributed by atoms with van der Waals surface area (Å²) in [6, 6.07) is 67.1. The minimum absolute atomic E-state index is 0.201. The minimum Gasteiger partial charge on any atom is -0.309 e. The van der Waals surface area contributed by atoms with Gasteiger partial charge in [-0.3, -0.25) is 0 Å². The van der Waals surface area contributed by atoms with E-state index in [1.807, 2.05) is 59.1 Å². The van der Waals surface area contributed by atoms with Crippen LogP contribution >= 0.6 is 22.7 Å². The largest absolute Gasteiger partial charge is 0.309 e. The lowest BCUT2D eigenvalue weighted by Crippen LogP contribution is -2.10. The summed E-state index contributed by atoms with van der Waals surface area (Å²) in [7, 11) is 0. The highest BCUT2D eigenvalue weighted by Gasteiger charge is 2.21. The van der Waals surface area contributed by atoms with Gasteiger partial charge in [-0.1, -0.05) is 188 Å². The molecule has 286 valence electrons. The first-order valence-electron chi connectivity index (χ1n) is 22.8. The monoisotopic (exact) mass is 816 g/mol. The smallest absolute Gasteiger partial charge is 0.0640 e. The van der Waals surface area contributed by atoms with Gasteiger partial charge >= 0.3 is 0 Å². The summed E-state index contributed by atoms with van der Waals surface area (Å²) >= 11 is 3.68. The lowest BCUT2D eigenvalue weighted by molar-refractivity contribution is 1.30. The van der Waals surface area contributed by atoms with Crippen LogP contribution < -0.4 is 4.90 Å². The number of benzene rings is 10. The van der Waals surface area contributed by atoms with Crippen molar-refractivity contribution in [3.05, 3.63) is 224 Å². The molecule has 0 bridgehead atoms. The Labute approximate surface area is 369 Å². The molecule has 0 unspecified atom stereocenters. The van der Waals surface area contributed by atoms with Crippen LogP contribution in [0, 0.1) is 0 Å². The first-order chi connectivity index (χ1) is 32.3. The summed E-state index contributed by atoms with van der Waals surface area (Å²) in [5.74, 6) is 0. The zero-order valence-electron chi connectivity index (χ0n) is 37.7. The quantitative estimate of drug-likeness (QED) is 0.155. The normalized spacial score (nSPS) is 12.8. The highest BCUT2D eigenvalue weighted by molar-refractivity contribution is 7.27. The van der Waals surface area contributed by atoms with E-state index in [0.29, 0.717) is 5.56 Å². The van der Waals surface area contributed by atoms with E-state index in [2.05, 4.69) is 163 Å². The molecule has 0 amide bonds. The number of thiophene rings is 2. The predicted molar refractivity (Wildman–Crippen MR) is 266 cm³/mol. The first kappa shape index (κ1) is 30.7. The van der Waals surface area contributed by atoms with E-state index >= 15 is 0 Å². The van der Waals surface area contributed by atoms with Gasteiger partial charge in [-0.25, -0.2) is 0 Å². The molecule has 1 nitrogen and oxygen atoms in total. The number of fused-ring (bicyclic) bond motifs is 7. The van der Waals surface area contributed by atoms with Crippen LogP contribution in [-0.2, 0) is 0 Å². The molecule has 12 aromatic rings. The van der Waals surface area contributed by atoms with Crippen LogP contribution in [0.2, 0.25) is 0 Å². The van der Waals surface area contributed by atoms with Crippen LogP contribution in [0.4, 0.5) is 17.1 Å². The molecule has 10 aromatic carbocycles. The third kappa shape index (κ3) is 6.04. The maximum absolute atomic E-state index is 8.74. The molecule has 0 aliphatic carbocycles. The Morgan fingerprint density at radius 1 is 0.311 bits per heavy atom. The maximum atomic E-state index is 8.74. The average molecular weight is 817 g/mol. The molecule has 0 saturated carbocycles. The van der Waals surface area contributed by atoms with Gasteiger partial charge in [0.1, 0.15) is 0 Å². The van der Waals surface area contributed by atoms with E-state index in [1.54, 1.807) is 0 Å². The van der Waals surface area contributed by atoms with Crippen LogP contribution in [0.25, 0.3) is 95.6 Å². The zero-order chi connectivity index (χ0) is 44.6. The predicted octanol–water partition coefficient (Wildman–Crippen LogP) is 17.7. The van der Waals surface area contributed by atoms with Crippen LogP contribution in [0.5, 0.6) is 0 Å². The molecule has 3 heteroatoms. The molecule has 0 spiro atoms. The Morgan fingerprint density at radius 3 is 1.44 bits per heavy atom. The zero-order valence-corrected chi connectivity index (χ0v) is 34.4. The SMILES string of the molecule is [2H]c1c([2H])c([2H])c(-c2ccc(-c3ccc(N(c4ccc(-c5cccc6c5sc5ccccc56)cc4)c4cccc5c4sc4c(-c6ccccc6)cccc45)cc3)c3ccccc23)c([2H])c1[2H]. The van der Waals surface area contributed by atoms with Gasteiger partial charge < -0.3 is 4.90 Å². The molecule has 0 atom stereocenters. The van der Waals surface area contributed by atoms with Gasteiger partial charge in [0.2, 0.25) is 0 Å². The second kappa shape index (κ2) is 14.8. The van der Waals surface area contributed by atoms with Gasteiger partial charge in [0.15, 0.2) is 0 Å². The fourth-order valence-corrected chi connectivity index (χ4v) is 11.5. The van der Waals surface area contributed by atoms with Gasteiger partial charge in [0, 0.05) is 47.0 Å². The molecule has 2 heterocycles. The third-order valence-corrected chi connectivity index (χ3v) is 14.3. The highest BCUT2D eigenvalue weighted by atomic mass is 32.1. The van der Waals surface area contributed by atoms with Gasteiger partial charge in [-0.05, 0) is 91.7 Å². The molecule has 2 aromatic heterocycles. The molecular formula is C58H37NS2. The van der Waals surface area contributed by atoms with Crippen molar-refractivity contribution in [2.75, 3.05) is 4.90 Å². The van der Waals surface area contributed by atoms with Crippen molar-refractivity contribution in [1.82, 2.24) is 0 Å². The molecule has 0 fully saturated rings. The number of nitrogens with zero attached hydrogens (tertiary/aromatic N) is 1. The lowest BCUT2D eigenvalue weighted by Gasteiger charge is -2.26. The van der Waals surface area contributed by atoms with Crippen molar-refractivity contribution in [3.63, 3.8) is 0 Å². The number of anilines is 3. The summed E-state index contributed by atoms with van der Waals surface area (Å²) in [5.41, 5.74) is 10.7. The van der Waals surface area contributed by atoms with Crippen molar-refractivity contribution in [2.45, 2.75) is 0 Å². The molecule has 0 aliphatic rings. The molecule has 61 heavy (non-hydrogen) atoms. The van der Waals surface area contributed by atoms with Crippen LogP contribution in [0.1, 0.15) is 6.85 Å². The summed E-state index contributed by atoms with van der Waals surface area (Å²) < 4.78 is 47.4. The second-order valence-corrected chi connectivity index (χ2v) is 17.3. The Kier molecular flexibility index (Phi) is 7.43. The van der Waals surface area contributed by atoms with E-state index in [0.717, 1.165) is 44.5 Å². The fourth-order valence-electron chi connectivity index (χ4n) is 8.96. The highest BCUT2D eigenvalue weighted by Crippen LogP contribution is 2.48. The van der Waals surface area contributed by atoms with Gasteiger partial charge in [-0.2, -0.15) is 0 Å². The molecular weight excluding hydrogens is 775 g/mol. The summed E-state index contributed by atoms with van der Waals surface area (Å²) in [6.07, 6.45) is 0. The molecule has 0 radical (unpaired) electrons. The lowest BCUT2D eigenvalue weighted by atomic mass is 9.92. The maximum Gasteiger partial charge on any atom is 0.0640 e. The van der Waals surface area contributed by atoms with E-state index in [-0.39, 0.29) is 29.7 Å². The molecule has 0 saturated heterocycles.